The van der Waals surface area contributed by atoms with Crippen molar-refractivity contribution in [3.63, 3.8) is 0 Å². The molecule has 0 unspecified atom stereocenters. The van der Waals surface area contributed by atoms with Gasteiger partial charge in [0, 0.05) is 43.4 Å². The van der Waals surface area contributed by atoms with E-state index in [0.717, 1.165) is 11.1 Å². The second kappa shape index (κ2) is 9.80. The number of carbonyl (C=O) groups is 1. The Morgan fingerprint density at radius 1 is 1.10 bits per heavy atom. The summed E-state index contributed by atoms with van der Waals surface area (Å²) in [6, 6.07) is 9.76. The maximum atomic E-state index is 12.6. The summed E-state index contributed by atoms with van der Waals surface area (Å²) in [6.45, 7) is 0.966. The average Bonchev–Trinajstić information content (AvgIpc) is 2.81. The first-order valence-electron chi connectivity index (χ1n) is 9.67. The molecule has 1 heterocycles. The number of nitro benzene ring substituents is 1. The van der Waals surface area contributed by atoms with Crippen molar-refractivity contribution in [1.82, 2.24) is 4.90 Å². The van der Waals surface area contributed by atoms with E-state index in [1.807, 2.05) is 6.08 Å². The fraction of sp³-hybridized carbons (Fsp3) is 0.261. The van der Waals surface area contributed by atoms with Crippen LogP contribution in [0.5, 0.6) is 17.2 Å². The van der Waals surface area contributed by atoms with Gasteiger partial charge in [-0.15, -0.1) is 0 Å². The van der Waals surface area contributed by atoms with Crippen LogP contribution in [0.25, 0.3) is 11.6 Å². The average molecular weight is 424 g/mol. The third kappa shape index (κ3) is 5.03. The lowest BCUT2D eigenvalue weighted by atomic mass is 9.97. The van der Waals surface area contributed by atoms with Crippen LogP contribution in [-0.2, 0) is 4.79 Å². The van der Waals surface area contributed by atoms with E-state index in [9.17, 15) is 14.9 Å². The van der Waals surface area contributed by atoms with E-state index in [1.54, 1.807) is 56.6 Å². The molecule has 0 N–H and O–H groups in total. The number of nitrogens with zero attached hydrogens (tertiary/aromatic N) is 2. The van der Waals surface area contributed by atoms with Crippen molar-refractivity contribution in [3.05, 3.63) is 69.8 Å². The molecule has 8 heteroatoms. The topological polar surface area (TPSA) is 91.1 Å². The van der Waals surface area contributed by atoms with E-state index in [4.69, 9.17) is 14.2 Å². The van der Waals surface area contributed by atoms with Gasteiger partial charge in [0.25, 0.3) is 5.69 Å². The third-order valence-corrected chi connectivity index (χ3v) is 5.06. The number of benzene rings is 2. The molecule has 8 nitrogen and oxygen atoms in total. The molecule has 2 aromatic carbocycles. The first-order valence-corrected chi connectivity index (χ1v) is 9.67. The Morgan fingerprint density at radius 2 is 1.81 bits per heavy atom. The van der Waals surface area contributed by atoms with E-state index >= 15 is 0 Å². The Morgan fingerprint density at radius 3 is 2.35 bits per heavy atom. The lowest BCUT2D eigenvalue weighted by Gasteiger charge is -2.27. The summed E-state index contributed by atoms with van der Waals surface area (Å²) in [6.07, 6.45) is 5.64. The Balaban J connectivity index is 1.75. The van der Waals surface area contributed by atoms with E-state index < -0.39 is 4.92 Å². The first kappa shape index (κ1) is 21.9. The van der Waals surface area contributed by atoms with Crippen molar-refractivity contribution in [3.8, 4) is 17.2 Å². The Labute approximate surface area is 180 Å². The van der Waals surface area contributed by atoms with Gasteiger partial charge in [0.15, 0.2) is 0 Å². The second-order valence-corrected chi connectivity index (χ2v) is 6.86. The van der Waals surface area contributed by atoms with Gasteiger partial charge in [-0.3, -0.25) is 14.9 Å². The molecule has 0 bridgehead atoms. The molecule has 2 aromatic rings. The molecule has 0 saturated carbocycles. The fourth-order valence-electron chi connectivity index (χ4n) is 3.43. The van der Waals surface area contributed by atoms with Crippen molar-refractivity contribution in [2.24, 2.45) is 0 Å². The van der Waals surface area contributed by atoms with Crippen LogP contribution in [0.3, 0.4) is 0 Å². The standard InChI is InChI=1S/C23H24N2O6/c1-29-19-14-20(30-2)23(21(15-19)31-3)17-9-11-24(12-10-17)22(26)8-7-16-5-4-6-18(13-16)25(27)28/h4-9,13-15H,10-12H2,1-3H3. The summed E-state index contributed by atoms with van der Waals surface area (Å²) in [7, 11) is 4.77. The molecule has 0 aliphatic carbocycles. The number of non-ortho nitro benzene ring substituents is 1. The van der Waals surface area contributed by atoms with Gasteiger partial charge in [0.2, 0.25) is 5.91 Å². The molecule has 1 aliphatic rings. The predicted octanol–water partition coefficient (Wildman–Crippen LogP) is 3.95. The molecule has 0 saturated heterocycles. The molecule has 162 valence electrons. The molecule has 1 amide bonds. The third-order valence-electron chi connectivity index (χ3n) is 5.06. The molecule has 0 aromatic heterocycles. The lowest BCUT2D eigenvalue weighted by molar-refractivity contribution is -0.384. The quantitative estimate of drug-likeness (QED) is 0.380. The summed E-state index contributed by atoms with van der Waals surface area (Å²) >= 11 is 0. The van der Waals surface area contributed by atoms with Crippen LogP contribution < -0.4 is 14.2 Å². The van der Waals surface area contributed by atoms with E-state index in [0.29, 0.717) is 42.3 Å². The molecule has 0 fully saturated rings. The van der Waals surface area contributed by atoms with Crippen molar-refractivity contribution < 1.29 is 23.9 Å². The Bertz CT molecular complexity index is 1020. The van der Waals surface area contributed by atoms with E-state index in [2.05, 4.69) is 0 Å². The van der Waals surface area contributed by atoms with Crippen LogP contribution in [-0.4, -0.2) is 50.1 Å². The smallest absolute Gasteiger partial charge is 0.270 e. The van der Waals surface area contributed by atoms with Crippen LogP contribution in [0.2, 0.25) is 0 Å². The van der Waals surface area contributed by atoms with E-state index in [-0.39, 0.29) is 11.6 Å². The van der Waals surface area contributed by atoms with Gasteiger partial charge in [-0.25, -0.2) is 0 Å². The molecule has 31 heavy (non-hydrogen) atoms. The molecule has 3 rings (SSSR count). The van der Waals surface area contributed by atoms with Gasteiger partial charge in [-0.1, -0.05) is 18.2 Å². The predicted molar refractivity (Wildman–Crippen MR) is 117 cm³/mol. The van der Waals surface area contributed by atoms with Crippen LogP contribution in [0.15, 0.2) is 48.6 Å². The second-order valence-electron chi connectivity index (χ2n) is 6.86. The van der Waals surface area contributed by atoms with Gasteiger partial charge in [-0.05, 0) is 23.6 Å². The number of ether oxygens (including phenoxy) is 3. The zero-order valence-corrected chi connectivity index (χ0v) is 17.7. The number of amides is 1. The summed E-state index contributed by atoms with van der Waals surface area (Å²) in [5.41, 5.74) is 2.47. The number of carbonyl (C=O) groups excluding carboxylic acids is 1. The number of hydrogen-bond donors (Lipinski definition) is 0. The summed E-state index contributed by atoms with van der Waals surface area (Å²) < 4.78 is 16.4. The normalized spacial score (nSPS) is 13.6. The number of methoxy groups -OCH3 is 3. The maximum absolute atomic E-state index is 12.6. The van der Waals surface area contributed by atoms with Crippen molar-refractivity contribution >= 4 is 23.2 Å². The van der Waals surface area contributed by atoms with Crippen LogP contribution >= 0.6 is 0 Å². The highest BCUT2D eigenvalue weighted by atomic mass is 16.6. The zero-order valence-electron chi connectivity index (χ0n) is 17.7. The molecule has 1 aliphatic heterocycles. The number of rotatable bonds is 7. The van der Waals surface area contributed by atoms with E-state index in [1.165, 1.54) is 18.2 Å². The lowest BCUT2D eigenvalue weighted by Crippen LogP contribution is -2.33. The molecular formula is C23H24N2O6. The minimum absolute atomic E-state index is 0.0115. The molecule has 0 atom stereocenters. The first-order chi connectivity index (χ1) is 15.0. The number of hydrogen-bond acceptors (Lipinski definition) is 6. The summed E-state index contributed by atoms with van der Waals surface area (Å²) in [5, 5.41) is 10.9. The van der Waals surface area contributed by atoms with Crippen molar-refractivity contribution in [1.29, 1.82) is 0 Å². The summed E-state index contributed by atoms with van der Waals surface area (Å²) in [4.78, 5) is 24.7. The highest BCUT2D eigenvalue weighted by Crippen LogP contribution is 2.40. The molecule has 0 radical (unpaired) electrons. The Kier molecular flexibility index (Phi) is 6.92. The van der Waals surface area contributed by atoms with Gasteiger partial charge in [-0.2, -0.15) is 0 Å². The summed E-state index contributed by atoms with van der Waals surface area (Å²) in [5.74, 6) is 1.77. The Hall–Kier alpha value is -3.81. The fourth-order valence-corrected chi connectivity index (χ4v) is 3.43. The molecular weight excluding hydrogens is 400 g/mol. The van der Waals surface area contributed by atoms with Gasteiger partial charge < -0.3 is 19.1 Å². The van der Waals surface area contributed by atoms with Crippen molar-refractivity contribution in [2.45, 2.75) is 6.42 Å². The minimum Gasteiger partial charge on any atom is -0.496 e. The van der Waals surface area contributed by atoms with Crippen molar-refractivity contribution in [2.75, 3.05) is 34.4 Å². The highest BCUT2D eigenvalue weighted by molar-refractivity contribution is 5.92. The monoisotopic (exact) mass is 424 g/mol. The minimum atomic E-state index is -0.460. The zero-order chi connectivity index (χ0) is 22.4. The van der Waals surface area contributed by atoms with Gasteiger partial charge in [0.05, 0.1) is 31.8 Å². The molecule has 0 spiro atoms. The van der Waals surface area contributed by atoms with Gasteiger partial charge in [0.1, 0.15) is 17.2 Å². The van der Waals surface area contributed by atoms with Crippen LogP contribution in [0.1, 0.15) is 17.5 Å². The van der Waals surface area contributed by atoms with Crippen LogP contribution in [0, 0.1) is 10.1 Å². The maximum Gasteiger partial charge on any atom is 0.270 e. The SMILES string of the molecule is COc1cc(OC)c(C2=CCN(C(=O)C=Cc3cccc([N+](=O)[O-])c3)CC2)c(OC)c1. The number of nitro groups is 1. The van der Waals surface area contributed by atoms with Crippen LogP contribution in [0.4, 0.5) is 5.69 Å². The van der Waals surface area contributed by atoms with Gasteiger partial charge >= 0.3 is 0 Å². The largest absolute Gasteiger partial charge is 0.496 e. The highest BCUT2D eigenvalue weighted by Gasteiger charge is 2.22.